The highest BCUT2D eigenvalue weighted by Gasteiger charge is 2.30. The van der Waals surface area contributed by atoms with Crippen molar-refractivity contribution >= 4 is 35.0 Å². The molecule has 1 aliphatic carbocycles. The van der Waals surface area contributed by atoms with Gasteiger partial charge in [0.2, 0.25) is 5.91 Å². The van der Waals surface area contributed by atoms with E-state index in [1.54, 1.807) is 6.92 Å². The number of anilines is 1. The van der Waals surface area contributed by atoms with Gasteiger partial charge in [0.1, 0.15) is 12.0 Å². The summed E-state index contributed by atoms with van der Waals surface area (Å²) in [5.41, 5.74) is 4.72. The van der Waals surface area contributed by atoms with Crippen molar-refractivity contribution in [2.75, 3.05) is 4.90 Å². The topological polar surface area (TPSA) is 65.4 Å². The number of hydrogen-bond donors (Lipinski definition) is 2. The Labute approximate surface area is 159 Å². The molecule has 138 valence electrons. The number of nitrogens with zero attached hydrogens (tertiary/aromatic N) is 1. The first-order chi connectivity index (χ1) is 12.6. The number of halogens is 1. The van der Waals surface area contributed by atoms with Crippen LogP contribution in [-0.2, 0) is 11.2 Å². The first-order valence-electron chi connectivity index (χ1n) is 8.91. The van der Waals surface area contributed by atoms with E-state index in [9.17, 15) is 4.79 Å². The monoisotopic (exact) mass is 373 g/mol. The zero-order chi connectivity index (χ0) is 18.7. The summed E-state index contributed by atoms with van der Waals surface area (Å²) in [6.45, 7) is 3.64. The van der Waals surface area contributed by atoms with Gasteiger partial charge in [-0.05, 0) is 44.7 Å². The first-order valence-corrected chi connectivity index (χ1v) is 9.35. The van der Waals surface area contributed by atoms with Crippen LogP contribution in [0.25, 0.3) is 5.57 Å². The Morgan fingerprint density at radius 1 is 1.38 bits per heavy atom. The fraction of sp³-hybridized carbons (Fsp3) is 0.400. The van der Waals surface area contributed by atoms with Crippen LogP contribution in [0.15, 0.2) is 30.1 Å². The van der Waals surface area contributed by atoms with Gasteiger partial charge in [0.15, 0.2) is 0 Å². The van der Waals surface area contributed by atoms with Crippen LogP contribution in [0.1, 0.15) is 44.2 Å². The minimum absolute atomic E-state index is 0.0169. The number of nitrogens with one attached hydrogen (secondary N) is 2. The Morgan fingerprint density at radius 3 is 2.77 bits per heavy atom. The molecule has 1 amide bonds. The van der Waals surface area contributed by atoms with E-state index in [4.69, 9.17) is 21.7 Å². The second-order valence-electron chi connectivity index (χ2n) is 6.78. The summed E-state index contributed by atoms with van der Waals surface area (Å²) in [7, 11) is 0. The first kappa shape index (κ1) is 18.5. The van der Waals surface area contributed by atoms with E-state index in [2.05, 4.69) is 12.2 Å². The minimum atomic E-state index is 0.0169. The Bertz CT molecular complexity index is 769. The predicted octanol–water partition coefficient (Wildman–Crippen LogP) is 4.21. The molecule has 2 aliphatic rings. The molecule has 1 aliphatic heterocycles. The van der Waals surface area contributed by atoms with Crippen LogP contribution < -0.4 is 15.0 Å². The van der Waals surface area contributed by atoms with E-state index in [0.717, 1.165) is 48.1 Å². The smallest absolute Gasteiger partial charge is 0.224 e. The molecular weight excluding hydrogens is 350 g/mol. The molecule has 0 aromatic heterocycles. The summed E-state index contributed by atoms with van der Waals surface area (Å²) in [5, 5.41) is 11.1. The minimum Gasteiger partial charge on any atom is -0.463 e. The van der Waals surface area contributed by atoms with Crippen molar-refractivity contribution < 1.29 is 9.53 Å². The van der Waals surface area contributed by atoms with E-state index in [1.165, 1.54) is 18.0 Å². The molecule has 0 radical (unpaired) electrons. The molecule has 6 heteroatoms. The third kappa shape index (κ3) is 3.78. The molecule has 1 heterocycles. The van der Waals surface area contributed by atoms with Gasteiger partial charge in [-0.25, -0.2) is 0 Å². The second kappa shape index (κ2) is 7.96. The quantitative estimate of drug-likeness (QED) is 0.580. The molecule has 3 rings (SSSR count). The maximum Gasteiger partial charge on any atom is 0.224 e. The zero-order valence-corrected chi connectivity index (χ0v) is 15.8. The van der Waals surface area contributed by atoms with Gasteiger partial charge in [0, 0.05) is 53.7 Å². The van der Waals surface area contributed by atoms with Crippen molar-refractivity contribution in [1.82, 2.24) is 5.32 Å². The third-order valence-corrected chi connectivity index (χ3v) is 4.95. The van der Waals surface area contributed by atoms with Crippen LogP contribution >= 0.6 is 11.6 Å². The summed E-state index contributed by atoms with van der Waals surface area (Å²) < 4.78 is 5.83. The Balaban J connectivity index is 2.09. The van der Waals surface area contributed by atoms with Crippen molar-refractivity contribution in [3.63, 3.8) is 0 Å². The van der Waals surface area contributed by atoms with Gasteiger partial charge in [0.25, 0.3) is 0 Å². The molecule has 1 atom stereocenters. The maximum atomic E-state index is 12.1. The Hall–Kier alpha value is -2.27. The van der Waals surface area contributed by atoms with Gasteiger partial charge < -0.3 is 20.4 Å². The number of carbonyl (C=O) groups is 1. The normalized spacial score (nSPS) is 20.0. The van der Waals surface area contributed by atoms with E-state index in [1.807, 2.05) is 23.2 Å². The van der Waals surface area contributed by atoms with Crippen LogP contribution in [0.3, 0.4) is 0 Å². The lowest BCUT2D eigenvalue weighted by molar-refractivity contribution is -0.117. The van der Waals surface area contributed by atoms with Crippen LogP contribution in [-0.4, -0.2) is 24.2 Å². The van der Waals surface area contributed by atoms with Crippen LogP contribution in [0.4, 0.5) is 5.69 Å². The van der Waals surface area contributed by atoms with Gasteiger partial charge >= 0.3 is 0 Å². The van der Waals surface area contributed by atoms with E-state index in [-0.39, 0.29) is 11.9 Å². The lowest BCUT2D eigenvalue weighted by Gasteiger charge is -2.35. The molecule has 0 bridgehead atoms. The number of fused-ring (bicyclic) bond motifs is 1. The molecular formula is C20H24ClN3O2. The molecule has 0 saturated heterocycles. The number of hydrogen-bond acceptors (Lipinski definition) is 4. The largest absolute Gasteiger partial charge is 0.463 e. The molecule has 1 saturated carbocycles. The van der Waals surface area contributed by atoms with Gasteiger partial charge in [0.05, 0.1) is 5.69 Å². The Morgan fingerprint density at radius 2 is 2.15 bits per heavy atom. The summed E-state index contributed by atoms with van der Waals surface area (Å²) in [6.07, 6.45) is 8.61. The fourth-order valence-electron chi connectivity index (χ4n) is 3.39. The van der Waals surface area contributed by atoms with E-state index < -0.39 is 0 Å². The summed E-state index contributed by atoms with van der Waals surface area (Å²) >= 11 is 5.67. The SMILES string of the molecule is CC(=O)N1c2ccc(/C(C=N)=C/NC3CC3)c(O/C=C/Cl)c2CC[C@@H]1C. The lowest BCUT2D eigenvalue weighted by atomic mass is 9.92. The molecule has 5 nitrogen and oxygen atoms in total. The highest BCUT2D eigenvalue weighted by atomic mass is 35.5. The van der Waals surface area contributed by atoms with Crippen molar-refractivity contribution in [3.8, 4) is 5.75 Å². The third-order valence-electron chi connectivity index (χ3n) is 4.84. The molecule has 1 fully saturated rings. The van der Waals surface area contributed by atoms with Gasteiger partial charge in [-0.2, -0.15) is 0 Å². The molecule has 1 aromatic carbocycles. The molecule has 1 aromatic rings. The van der Waals surface area contributed by atoms with Gasteiger partial charge in [-0.3, -0.25) is 4.79 Å². The summed E-state index contributed by atoms with van der Waals surface area (Å²) in [4.78, 5) is 14.0. The van der Waals surface area contributed by atoms with Crippen molar-refractivity contribution in [2.24, 2.45) is 0 Å². The fourth-order valence-corrected chi connectivity index (χ4v) is 3.45. The summed E-state index contributed by atoms with van der Waals surface area (Å²) in [6, 6.07) is 4.52. The zero-order valence-electron chi connectivity index (χ0n) is 15.1. The Kier molecular flexibility index (Phi) is 5.67. The van der Waals surface area contributed by atoms with Crippen molar-refractivity contribution in [3.05, 3.63) is 41.3 Å². The highest BCUT2D eigenvalue weighted by Crippen LogP contribution is 2.41. The number of allylic oxidation sites excluding steroid dienone is 1. The molecule has 26 heavy (non-hydrogen) atoms. The average molecular weight is 374 g/mol. The van der Waals surface area contributed by atoms with E-state index in [0.29, 0.717) is 11.8 Å². The highest BCUT2D eigenvalue weighted by molar-refractivity contribution is 6.25. The molecule has 0 spiro atoms. The number of benzene rings is 1. The van der Waals surface area contributed by atoms with Crippen molar-refractivity contribution in [2.45, 2.75) is 51.6 Å². The molecule has 0 unspecified atom stereocenters. The predicted molar refractivity (Wildman–Crippen MR) is 106 cm³/mol. The van der Waals surface area contributed by atoms with Crippen LogP contribution in [0.5, 0.6) is 5.75 Å². The van der Waals surface area contributed by atoms with E-state index >= 15 is 0 Å². The van der Waals surface area contributed by atoms with Gasteiger partial charge in [-0.1, -0.05) is 11.6 Å². The summed E-state index contributed by atoms with van der Waals surface area (Å²) in [5.74, 6) is 0.674. The number of carbonyl (C=O) groups excluding carboxylic acids is 1. The van der Waals surface area contributed by atoms with Crippen LogP contribution in [0.2, 0.25) is 0 Å². The van der Waals surface area contributed by atoms with Crippen molar-refractivity contribution in [1.29, 1.82) is 5.41 Å². The maximum absolute atomic E-state index is 12.1. The van der Waals surface area contributed by atoms with Crippen LogP contribution in [0, 0.1) is 5.41 Å². The number of rotatable bonds is 6. The average Bonchev–Trinajstić information content (AvgIpc) is 3.44. The molecule has 2 N–H and O–H groups in total. The van der Waals surface area contributed by atoms with Gasteiger partial charge in [-0.15, -0.1) is 0 Å². The number of amides is 1. The number of ether oxygens (including phenoxy) is 1. The lowest BCUT2D eigenvalue weighted by Crippen LogP contribution is -2.40. The second-order valence-corrected chi connectivity index (χ2v) is 7.03. The standard InChI is InChI=1S/C20H24ClN3O2/c1-13-3-6-18-19(24(13)14(2)25)8-7-17(20(18)26-10-9-21)15(11-22)12-23-16-4-5-16/h7-13,16,22-23H,3-6H2,1-2H3/b10-9+,15-12+,22-11?/t13-/m0/s1.